The third-order valence-corrected chi connectivity index (χ3v) is 8.17. The van der Waals surface area contributed by atoms with Gasteiger partial charge in [-0.05, 0) is 37.8 Å². The van der Waals surface area contributed by atoms with Crippen LogP contribution in [-0.4, -0.2) is 73.4 Å². The van der Waals surface area contributed by atoms with Gasteiger partial charge in [0.05, 0.1) is 44.1 Å². The zero-order valence-corrected chi connectivity index (χ0v) is 24.1. The van der Waals surface area contributed by atoms with E-state index in [2.05, 4.69) is 40.5 Å². The smallest absolute Gasteiger partial charge is 0.412 e. The van der Waals surface area contributed by atoms with E-state index in [9.17, 15) is 32.3 Å². The molecule has 16 nitrogen and oxygen atoms in total. The van der Waals surface area contributed by atoms with Gasteiger partial charge in [0.15, 0.2) is 17.0 Å². The first kappa shape index (κ1) is 25.9. The maximum Gasteiger partial charge on any atom is 0.412 e. The second-order valence-electron chi connectivity index (χ2n) is 10.8. The van der Waals surface area contributed by atoms with E-state index in [1.165, 1.54) is 22.8 Å². The van der Waals surface area contributed by atoms with E-state index < -0.39 is 66.9 Å². The predicted octanol–water partition coefficient (Wildman–Crippen LogP) is 2.61. The number of alkyl halides is 3. The Morgan fingerprint density at radius 1 is 1.15 bits per heavy atom. The third kappa shape index (κ3) is 5.00. The van der Waals surface area contributed by atoms with Crippen LogP contribution < -0.4 is 27.4 Å². The highest BCUT2D eigenvalue weighted by Crippen LogP contribution is 2.59. The third-order valence-electron chi connectivity index (χ3n) is 8.17. The summed E-state index contributed by atoms with van der Waals surface area (Å²) in [7, 11) is 2.20. The number of carbonyl (C=O) groups excluding carboxylic acids is 3. The van der Waals surface area contributed by atoms with Crippen molar-refractivity contribution in [3.8, 4) is 0 Å². The molecule has 0 spiro atoms. The molecule has 0 aliphatic heterocycles. The van der Waals surface area contributed by atoms with Crippen LogP contribution in [0, 0.1) is 5.92 Å². The molecule has 46 heavy (non-hydrogen) atoms. The molecule has 5 N–H and O–H groups in total. The number of fused-ring (bicyclic) bond motifs is 2. The van der Waals surface area contributed by atoms with Gasteiger partial charge in [0, 0.05) is 29.2 Å². The van der Waals surface area contributed by atoms with Gasteiger partial charge >= 0.3 is 24.1 Å². The van der Waals surface area contributed by atoms with Crippen molar-refractivity contribution in [2.75, 3.05) is 24.9 Å². The molecule has 4 aromatic rings. The number of nitrogens with two attached hydrogens (primary N) is 1. The molecule has 2 fully saturated rings. The molecule has 4 heterocycles. The number of nitrogens with zero attached hydrogens (tertiary/aromatic N) is 6. The van der Waals surface area contributed by atoms with Gasteiger partial charge in [0.1, 0.15) is 11.6 Å². The number of alkyl carbamates (subject to hydrolysis) is 1. The summed E-state index contributed by atoms with van der Waals surface area (Å²) in [5.41, 5.74) is 2.05. The summed E-state index contributed by atoms with van der Waals surface area (Å²) in [6.07, 6.45) is -5.93. The minimum Gasteiger partial charge on any atom is -0.453 e. The Bertz CT molecular complexity index is 2120. The number of aryl methyl sites for hydroxylation is 1. The second kappa shape index (κ2) is 10.9. The molecule has 0 saturated heterocycles. The Hall–Kier alpha value is -5.36. The lowest BCUT2D eigenvalue weighted by Crippen LogP contribution is -2.39. The minimum atomic E-state index is -4.81. The van der Waals surface area contributed by atoms with Gasteiger partial charge in [-0.15, -0.1) is 0 Å². The second-order valence-corrected chi connectivity index (χ2v) is 10.8. The number of rotatable bonds is 7. The van der Waals surface area contributed by atoms with E-state index in [1.807, 2.05) is 0 Å². The first-order chi connectivity index (χ1) is 23.3. The van der Waals surface area contributed by atoms with Crippen LogP contribution in [0.3, 0.4) is 0 Å². The van der Waals surface area contributed by atoms with Crippen LogP contribution in [0.1, 0.15) is 37.2 Å². The van der Waals surface area contributed by atoms with Crippen molar-refractivity contribution < 1.29 is 42.5 Å². The quantitative estimate of drug-likeness (QED) is 0.230. The molecular weight excluding hydrogens is 617 g/mol. The lowest BCUT2D eigenvalue weighted by atomic mass is 10.2. The van der Waals surface area contributed by atoms with Crippen molar-refractivity contribution in [1.82, 2.24) is 34.2 Å². The van der Waals surface area contributed by atoms with Gasteiger partial charge in [-0.2, -0.15) is 18.3 Å². The largest absolute Gasteiger partial charge is 0.453 e. The Balaban J connectivity index is 1.43. The predicted molar refractivity (Wildman–Crippen MR) is 155 cm³/mol. The number of carbonyl (C=O) groups is 3. The van der Waals surface area contributed by atoms with Crippen molar-refractivity contribution in [2.45, 2.75) is 49.5 Å². The van der Waals surface area contributed by atoms with E-state index >= 15 is 0 Å². The fourth-order valence-corrected chi connectivity index (χ4v) is 5.86. The van der Waals surface area contributed by atoms with Crippen molar-refractivity contribution in [3.63, 3.8) is 0 Å². The Morgan fingerprint density at radius 2 is 1.91 bits per heavy atom. The number of anilines is 3. The highest BCUT2D eigenvalue weighted by Gasteiger charge is 2.73. The van der Waals surface area contributed by atoms with Crippen LogP contribution in [0.2, 0.25) is 0 Å². The number of methoxy groups -OCH3 is 2. The van der Waals surface area contributed by atoms with E-state index in [4.69, 9.17) is 11.2 Å². The van der Waals surface area contributed by atoms with Gasteiger partial charge in [0.2, 0.25) is 5.91 Å². The molecule has 4 unspecified atom stereocenters. The number of halogens is 3. The summed E-state index contributed by atoms with van der Waals surface area (Å²) < 4.78 is 85.8. The van der Waals surface area contributed by atoms with Gasteiger partial charge in [-0.1, -0.05) is 0 Å². The summed E-state index contributed by atoms with van der Waals surface area (Å²) in [6.45, 7) is -2.91. The van der Waals surface area contributed by atoms with Crippen LogP contribution >= 0.6 is 0 Å². The molecule has 2 aliphatic rings. The topological polar surface area (TPSA) is 202 Å². The van der Waals surface area contributed by atoms with Crippen molar-refractivity contribution in [1.29, 1.82) is 0 Å². The molecule has 244 valence electrons. The molecule has 2 aliphatic carbocycles. The number of hydrogen-bond acceptors (Lipinski definition) is 10. The summed E-state index contributed by atoms with van der Waals surface area (Å²) in [5, 5.41) is 11.7. The van der Waals surface area contributed by atoms with Crippen LogP contribution in [0.5, 0.6) is 0 Å². The van der Waals surface area contributed by atoms with Crippen LogP contribution in [-0.2, 0) is 26.8 Å². The lowest BCUT2D eigenvalue weighted by molar-refractivity contribution is -0.160. The number of pyridine rings is 2. The monoisotopic (exact) mass is 650 g/mol. The van der Waals surface area contributed by atoms with Gasteiger partial charge in [-0.3, -0.25) is 19.2 Å². The molecular formula is C27H29F3N10O6. The number of amides is 3. The summed E-state index contributed by atoms with van der Waals surface area (Å²) in [4.78, 5) is 58.5. The average molecular weight is 651 g/mol. The summed E-state index contributed by atoms with van der Waals surface area (Å²) in [5.74, 6) is -3.76. The number of primary amides is 1. The zero-order valence-electron chi connectivity index (χ0n) is 28.1. The molecule has 4 aromatic heterocycles. The fraction of sp³-hybridized carbons (Fsp3) is 0.444. The molecule has 0 aromatic carbocycles. The first-order valence-electron chi connectivity index (χ1n) is 15.7. The maximum absolute atomic E-state index is 13.8. The van der Waals surface area contributed by atoms with Gasteiger partial charge < -0.3 is 25.8 Å². The molecule has 6 rings (SSSR count). The normalized spacial score (nSPS) is 25.7. The van der Waals surface area contributed by atoms with Crippen LogP contribution in [0.4, 0.5) is 40.2 Å². The van der Waals surface area contributed by atoms with E-state index in [0.29, 0.717) is 4.57 Å². The average Bonchev–Trinajstić information content (AvgIpc) is 3.43. The van der Waals surface area contributed by atoms with Crippen molar-refractivity contribution >= 4 is 57.6 Å². The van der Waals surface area contributed by atoms with E-state index in [0.717, 1.165) is 25.1 Å². The number of ether oxygens (including phenoxy) is 2. The summed E-state index contributed by atoms with van der Waals surface area (Å²) >= 11 is 0. The zero-order chi connectivity index (χ0) is 36.6. The van der Waals surface area contributed by atoms with Gasteiger partial charge in [0.25, 0.3) is 0 Å². The maximum atomic E-state index is 13.8. The molecule has 0 bridgehead atoms. The molecule has 19 heteroatoms. The van der Waals surface area contributed by atoms with Crippen LogP contribution in [0.25, 0.3) is 22.1 Å². The molecule has 2 saturated carbocycles. The van der Waals surface area contributed by atoms with E-state index in [-0.39, 0.29) is 58.8 Å². The molecule has 0 radical (unpaired) electrons. The van der Waals surface area contributed by atoms with Gasteiger partial charge in [-0.25, -0.2) is 29.0 Å². The van der Waals surface area contributed by atoms with Crippen molar-refractivity contribution in [3.05, 3.63) is 34.9 Å². The Morgan fingerprint density at radius 3 is 2.57 bits per heavy atom. The summed E-state index contributed by atoms with van der Waals surface area (Å²) in [6, 6.07) is 1.87. The van der Waals surface area contributed by atoms with E-state index in [1.54, 1.807) is 0 Å². The first-order valence-corrected chi connectivity index (χ1v) is 13.7. The van der Waals surface area contributed by atoms with Crippen molar-refractivity contribution in [2.24, 2.45) is 18.6 Å². The minimum absolute atomic E-state index is 0.0202. The standard InChI is InChI=1S/C27H29F3N10O6/c1-38-16-11-32-19(9-15(16)39(25(38)44)13-5-4-12(8-13)33-23(42)45-2)34-18-7-6-14-20(36-24(43)46-3)37-40(21(14)35-18)26(22(31)41)10-17(26)27(28,29)30/h6-7,9,11-13,17H,4-5,8,10H2,1-3H3,(H2,31,41)(H,33,42)(H,32,34,35)(H,36,37,43)/i1D3,12D. The number of hydrogen-bond donors (Lipinski definition) is 4. The number of aromatic nitrogens is 6. The van der Waals surface area contributed by atoms with Crippen LogP contribution in [0.15, 0.2) is 29.2 Å². The highest BCUT2D eigenvalue weighted by atomic mass is 19.4. The lowest BCUT2D eigenvalue weighted by Gasteiger charge is -2.17. The number of nitrogens with one attached hydrogen (secondary N) is 3. The Kier molecular flexibility index (Phi) is 6.15. The SMILES string of the molecule is [2H]C1(NC(=O)OC)CCC(n2c(=O)n(C([2H])([2H])[2H])c3cnc(Nc4ccc5c(NC(=O)OC)nn(C6(C(N)=O)CC6C(F)(F)F)c5n4)cc32)C1. The molecule has 3 amide bonds. The highest BCUT2D eigenvalue weighted by molar-refractivity contribution is 5.98. The number of imidazole rings is 1. The molecule has 4 atom stereocenters. The Labute approximate surface area is 262 Å². The fourth-order valence-electron chi connectivity index (χ4n) is 5.86.